The Labute approximate surface area is 176 Å². The highest BCUT2D eigenvalue weighted by atomic mass is 35.5. The number of rotatable bonds is 3. The third kappa shape index (κ3) is 3.44. The number of piperidine rings is 2. The van der Waals surface area contributed by atoms with Crippen molar-refractivity contribution in [3.05, 3.63) is 46.5 Å². The SMILES string of the molecule is O=C1N(Cc2c[nH]c3c2CCC=C3)CCCC12CCN(c1nccc(Cl)n1)CC2. The highest BCUT2D eigenvalue weighted by molar-refractivity contribution is 6.29. The zero-order valence-corrected chi connectivity index (χ0v) is 17.3. The molecule has 4 heterocycles. The van der Waals surface area contributed by atoms with Crippen LogP contribution in [-0.2, 0) is 17.8 Å². The van der Waals surface area contributed by atoms with Crippen molar-refractivity contribution in [1.82, 2.24) is 19.9 Å². The summed E-state index contributed by atoms with van der Waals surface area (Å²) in [5.41, 5.74) is 3.64. The molecule has 7 heteroatoms. The molecule has 2 aromatic heterocycles. The number of carbonyl (C=O) groups excluding carboxylic acids is 1. The summed E-state index contributed by atoms with van der Waals surface area (Å²) < 4.78 is 0. The third-order valence-electron chi connectivity index (χ3n) is 6.76. The van der Waals surface area contributed by atoms with Crippen LogP contribution in [0.3, 0.4) is 0 Å². The molecule has 2 fully saturated rings. The largest absolute Gasteiger partial charge is 0.361 e. The van der Waals surface area contributed by atoms with Gasteiger partial charge in [-0.2, -0.15) is 0 Å². The van der Waals surface area contributed by atoms with Crippen molar-refractivity contribution < 1.29 is 4.79 Å². The number of allylic oxidation sites excluding steroid dienone is 1. The lowest BCUT2D eigenvalue weighted by Gasteiger charge is -2.46. The Kier molecular flexibility index (Phi) is 4.82. The van der Waals surface area contributed by atoms with E-state index in [0.29, 0.717) is 17.0 Å². The van der Waals surface area contributed by atoms with E-state index in [1.165, 1.54) is 16.8 Å². The van der Waals surface area contributed by atoms with Crippen molar-refractivity contribution in [2.75, 3.05) is 24.5 Å². The Morgan fingerprint density at radius 2 is 2.07 bits per heavy atom. The number of nitrogens with zero attached hydrogens (tertiary/aromatic N) is 4. The van der Waals surface area contributed by atoms with Gasteiger partial charge in [-0.05, 0) is 61.8 Å². The van der Waals surface area contributed by atoms with Gasteiger partial charge in [0.15, 0.2) is 0 Å². The Morgan fingerprint density at radius 1 is 1.21 bits per heavy atom. The molecule has 1 aliphatic carbocycles. The Hall–Kier alpha value is -2.34. The van der Waals surface area contributed by atoms with Crippen LogP contribution in [0.15, 0.2) is 24.5 Å². The molecule has 0 radical (unpaired) electrons. The molecular formula is C22H26ClN5O. The van der Waals surface area contributed by atoms with Gasteiger partial charge in [-0.1, -0.05) is 17.7 Å². The average molecular weight is 412 g/mol. The van der Waals surface area contributed by atoms with E-state index in [1.807, 2.05) is 0 Å². The maximum absolute atomic E-state index is 13.5. The molecule has 152 valence electrons. The quantitative estimate of drug-likeness (QED) is 0.779. The molecule has 3 aliphatic rings. The van der Waals surface area contributed by atoms with Crippen LogP contribution < -0.4 is 4.90 Å². The minimum absolute atomic E-state index is 0.233. The minimum atomic E-state index is -0.233. The van der Waals surface area contributed by atoms with Gasteiger partial charge in [0.1, 0.15) is 5.15 Å². The predicted octanol–water partition coefficient (Wildman–Crippen LogP) is 3.83. The van der Waals surface area contributed by atoms with Crippen molar-refractivity contribution >= 4 is 29.5 Å². The van der Waals surface area contributed by atoms with Gasteiger partial charge in [-0.25, -0.2) is 9.97 Å². The smallest absolute Gasteiger partial charge is 0.229 e. The summed E-state index contributed by atoms with van der Waals surface area (Å²) in [5, 5.41) is 0.458. The van der Waals surface area contributed by atoms with Gasteiger partial charge in [0.25, 0.3) is 0 Å². The number of amides is 1. The van der Waals surface area contributed by atoms with Crippen LogP contribution in [0.5, 0.6) is 0 Å². The van der Waals surface area contributed by atoms with E-state index in [2.05, 4.69) is 43.1 Å². The molecule has 1 spiro atoms. The fraction of sp³-hybridized carbons (Fsp3) is 0.500. The Bertz CT molecular complexity index is 944. The zero-order valence-electron chi connectivity index (χ0n) is 16.5. The molecular weight excluding hydrogens is 386 g/mol. The molecule has 1 amide bonds. The highest BCUT2D eigenvalue weighted by Crippen LogP contribution is 2.42. The second-order valence-electron chi connectivity index (χ2n) is 8.42. The van der Waals surface area contributed by atoms with Gasteiger partial charge >= 0.3 is 0 Å². The topological polar surface area (TPSA) is 65.1 Å². The third-order valence-corrected chi connectivity index (χ3v) is 6.97. The summed E-state index contributed by atoms with van der Waals surface area (Å²) >= 11 is 6.02. The van der Waals surface area contributed by atoms with Gasteiger partial charge in [-0.15, -0.1) is 0 Å². The average Bonchev–Trinajstić information content (AvgIpc) is 3.15. The Morgan fingerprint density at radius 3 is 2.90 bits per heavy atom. The molecule has 2 saturated heterocycles. The molecule has 5 rings (SSSR count). The molecule has 29 heavy (non-hydrogen) atoms. The second-order valence-corrected chi connectivity index (χ2v) is 8.81. The molecule has 2 aromatic rings. The Balaban J connectivity index is 1.29. The van der Waals surface area contributed by atoms with Crippen LogP contribution in [0, 0.1) is 5.41 Å². The van der Waals surface area contributed by atoms with Gasteiger partial charge in [0, 0.05) is 44.3 Å². The summed E-state index contributed by atoms with van der Waals surface area (Å²) in [5.74, 6) is 0.996. The normalized spacial score (nSPS) is 20.9. The summed E-state index contributed by atoms with van der Waals surface area (Å²) in [7, 11) is 0. The highest BCUT2D eigenvalue weighted by Gasteiger charge is 2.46. The van der Waals surface area contributed by atoms with E-state index in [4.69, 9.17) is 11.6 Å². The number of likely N-dealkylation sites (tertiary alicyclic amines) is 1. The van der Waals surface area contributed by atoms with Crippen molar-refractivity contribution in [3.63, 3.8) is 0 Å². The maximum Gasteiger partial charge on any atom is 0.229 e. The molecule has 0 saturated carbocycles. The summed E-state index contributed by atoms with van der Waals surface area (Å²) in [6.45, 7) is 3.17. The van der Waals surface area contributed by atoms with Crippen molar-refractivity contribution in [1.29, 1.82) is 0 Å². The predicted molar refractivity (Wildman–Crippen MR) is 114 cm³/mol. The fourth-order valence-corrected chi connectivity index (χ4v) is 5.24. The van der Waals surface area contributed by atoms with Gasteiger partial charge in [0.05, 0.1) is 5.41 Å². The van der Waals surface area contributed by atoms with E-state index in [9.17, 15) is 4.79 Å². The van der Waals surface area contributed by atoms with Crippen LogP contribution in [-0.4, -0.2) is 45.4 Å². The zero-order chi connectivity index (χ0) is 19.8. The fourth-order valence-electron chi connectivity index (χ4n) is 5.11. The standard InChI is InChI=1S/C22H26ClN5O/c23-19-6-10-24-21(26-19)27-12-8-22(9-13-27)7-3-11-28(20(22)29)15-16-14-25-18-5-2-1-4-17(16)18/h2,5-6,10,14,25H,1,3-4,7-9,11-13,15H2. The first-order valence-electron chi connectivity index (χ1n) is 10.5. The van der Waals surface area contributed by atoms with E-state index >= 15 is 0 Å². The molecule has 2 aliphatic heterocycles. The van der Waals surface area contributed by atoms with E-state index in [1.54, 1.807) is 12.3 Å². The molecule has 0 atom stereocenters. The number of halogens is 1. The van der Waals surface area contributed by atoms with E-state index in [-0.39, 0.29) is 5.41 Å². The molecule has 0 bridgehead atoms. The first kappa shape index (κ1) is 18.7. The van der Waals surface area contributed by atoms with Crippen LogP contribution in [0.25, 0.3) is 6.08 Å². The molecule has 0 aromatic carbocycles. The molecule has 6 nitrogen and oxygen atoms in total. The summed E-state index contributed by atoms with van der Waals surface area (Å²) in [6.07, 6.45) is 14.1. The second kappa shape index (κ2) is 7.48. The van der Waals surface area contributed by atoms with Crippen LogP contribution >= 0.6 is 11.6 Å². The number of H-pyrrole nitrogens is 1. The lowest BCUT2D eigenvalue weighted by Crippen LogP contribution is -2.53. The van der Waals surface area contributed by atoms with Crippen LogP contribution in [0.4, 0.5) is 5.95 Å². The maximum atomic E-state index is 13.5. The number of hydrogen-bond acceptors (Lipinski definition) is 4. The number of aromatic amines is 1. The molecule has 0 unspecified atom stereocenters. The number of hydrogen-bond donors (Lipinski definition) is 1. The monoisotopic (exact) mass is 411 g/mol. The number of aromatic nitrogens is 3. The van der Waals surface area contributed by atoms with Crippen molar-refractivity contribution in [2.45, 2.75) is 45.1 Å². The van der Waals surface area contributed by atoms with Crippen molar-refractivity contribution in [2.24, 2.45) is 5.41 Å². The first-order valence-corrected chi connectivity index (χ1v) is 10.9. The van der Waals surface area contributed by atoms with E-state index < -0.39 is 0 Å². The number of nitrogens with one attached hydrogen (secondary N) is 1. The molecule has 1 N–H and O–H groups in total. The van der Waals surface area contributed by atoms with Gasteiger partial charge < -0.3 is 14.8 Å². The van der Waals surface area contributed by atoms with E-state index in [0.717, 1.165) is 64.7 Å². The van der Waals surface area contributed by atoms with Crippen LogP contribution in [0.1, 0.15) is 48.9 Å². The first-order chi connectivity index (χ1) is 14.1. The summed E-state index contributed by atoms with van der Waals surface area (Å²) in [4.78, 5) is 29.8. The lowest BCUT2D eigenvalue weighted by atomic mass is 9.71. The lowest BCUT2D eigenvalue weighted by molar-refractivity contribution is -0.148. The van der Waals surface area contributed by atoms with Gasteiger partial charge in [0.2, 0.25) is 11.9 Å². The number of fused-ring (bicyclic) bond motifs is 1. The summed E-state index contributed by atoms with van der Waals surface area (Å²) in [6, 6.07) is 1.69. The van der Waals surface area contributed by atoms with Gasteiger partial charge in [-0.3, -0.25) is 4.79 Å². The minimum Gasteiger partial charge on any atom is -0.361 e. The number of carbonyl (C=O) groups is 1. The van der Waals surface area contributed by atoms with Crippen LogP contribution in [0.2, 0.25) is 5.15 Å². The van der Waals surface area contributed by atoms with Crippen molar-refractivity contribution in [3.8, 4) is 0 Å². The number of anilines is 1.